The fraction of sp³-hybridized carbons (Fsp3) is 0.400. The first-order chi connectivity index (χ1) is 6.66. The van der Waals surface area contributed by atoms with Gasteiger partial charge in [-0.2, -0.15) is 0 Å². The molecule has 0 aliphatic rings. The molecule has 2 N–H and O–H groups in total. The van der Waals surface area contributed by atoms with Gasteiger partial charge in [-0.3, -0.25) is 0 Å². The van der Waals surface area contributed by atoms with Crippen molar-refractivity contribution in [2.24, 2.45) is 5.73 Å². The Hall–Kier alpha value is -1.16. The highest BCUT2D eigenvalue weighted by Gasteiger charge is 2.11. The van der Waals surface area contributed by atoms with Crippen LogP contribution in [-0.4, -0.2) is 20.1 Å². The monoisotopic (exact) mass is 200 g/mol. The van der Waals surface area contributed by atoms with Gasteiger partial charge in [-0.15, -0.1) is 0 Å². The maximum absolute atomic E-state index is 13.2. The summed E-state index contributed by atoms with van der Waals surface area (Å²) in [6.45, 7) is 1.06. The number of nitrogens with zero attached hydrogens (tertiary/aromatic N) is 1. The Morgan fingerprint density at radius 3 is 2.36 bits per heavy atom. The second kappa shape index (κ2) is 4.91. The summed E-state index contributed by atoms with van der Waals surface area (Å²) >= 11 is 0. The van der Waals surface area contributed by atoms with Crippen LogP contribution in [0.5, 0.6) is 0 Å². The van der Waals surface area contributed by atoms with Crippen molar-refractivity contribution in [3.8, 4) is 0 Å². The fourth-order valence-corrected chi connectivity index (χ4v) is 1.29. The van der Waals surface area contributed by atoms with Crippen molar-refractivity contribution in [3.05, 3.63) is 29.8 Å². The van der Waals surface area contributed by atoms with E-state index in [1.54, 1.807) is 7.05 Å². The highest BCUT2D eigenvalue weighted by molar-refractivity contribution is 5.48. The number of anilines is 1. The van der Waals surface area contributed by atoms with Crippen molar-refractivity contribution in [1.29, 1.82) is 0 Å². The molecule has 0 heterocycles. The number of benzene rings is 1. The zero-order valence-corrected chi connectivity index (χ0v) is 8.13. The third-order valence-corrected chi connectivity index (χ3v) is 2.02. The van der Waals surface area contributed by atoms with E-state index >= 15 is 0 Å². The lowest BCUT2D eigenvalue weighted by atomic mass is 10.2. The van der Waals surface area contributed by atoms with E-state index in [1.165, 1.54) is 23.1 Å². The van der Waals surface area contributed by atoms with Crippen LogP contribution in [0.25, 0.3) is 0 Å². The lowest BCUT2D eigenvalue weighted by Gasteiger charge is -2.19. The molecule has 0 spiro atoms. The van der Waals surface area contributed by atoms with Gasteiger partial charge >= 0.3 is 0 Å². The molecule has 78 valence electrons. The molecule has 0 aliphatic heterocycles. The predicted octanol–water partition coefficient (Wildman–Crippen LogP) is 1.75. The summed E-state index contributed by atoms with van der Waals surface area (Å²) in [6, 6.07) is 3.85. The first kappa shape index (κ1) is 10.9. The summed E-state index contributed by atoms with van der Waals surface area (Å²) in [5.41, 5.74) is 5.33. The van der Waals surface area contributed by atoms with E-state index in [1.807, 2.05) is 0 Å². The maximum Gasteiger partial charge on any atom is 0.149 e. The van der Waals surface area contributed by atoms with Gasteiger partial charge in [-0.1, -0.05) is 6.07 Å². The smallest absolute Gasteiger partial charge is 0.149 e. The van der Waals surface area contributed by atoms with Crippen LogP contribution in [0.15, 0.2) is 18.2 Å². The van der Waals surface area contributed by atoms with E-state index in [9.17, 15) is 8.78 Å². The number of halogens is 2. The van der Waals surface area contributed by atoms with E-state index < -0.39 is 11.6 Å². The average molecular weight is 200 g/mol. The lowest BCUT2D eigenvalue weighted by molar-refractivity contribution is 0.575. The summed E-state index contributed by atoms with van der Waals surface area (Å²) in [4.78, 5) is 1.54. The van der Waals surface area contributed by atoms with Gasteiger partial charge in [0.25, 0.3) is 0 Å². The fourth-order valence-electron chi connectivity index (χ4n) is 1.29. The molecule has 0 atom stereocenters. The van der Waals surface area contributed by atoms with Crippen molar-refractivity contribution >= 4 is 5.69 Å². The van der Waals surface area contributed by atoms with Gasteiger partial charge in [0.15, 0.2) is 0 Å². The van der Waals surface area contributed by atoms with E-state index in [4.69, 9.17) is 5.73 Å². The summed E-state index contributed by atoms with van der Waals surface area (Å²) in [6.07, 6.45) is 0.713. The van der Waals surface area contributed by atoms with Crippen LogP contribution in [0.3, 0.4) is 0 Å². The van der Waals surface area contributed by atoms with Crippen molar-refractivity contribution in [3.63, 3.8) is 0 Å². The third kappa shape index (κ3) is 2.42. The standard InChI is InChI=1S/C10H14F2N2/c1-14(7-3-6-13)10-8(11)4-2-5-9(10)12/h2,4-5H,3,6-7,13H2,1H3. The van der Waals surface area contributed by atoms with Gasteiger partial charge < -0.3 is 10.6 Å². The summed E-state index contributed by atoms with van der Waals surface area (Å²) < 4.78 is 26.4. The Bertz CT molecular complexity index is 282. The highest BCUT2D eigenvalue weighted by atomic mass is 19.1. The van der Waals surface area contributed by atoms with Crippen LogP contribution in [0.2, 0.25) is 0 Å². The molecular weight excluding hydrogens is 186 g/mol. The largest absolute Gasteiger partial charge is 0.370 e. The van der Waals surface area contributed by atoms with Gasteiger partial charge in [0.2, 0.25) is 0 Å². The van der Waals surface area contributed by atoms with E-state index in [2.05, 4.69) is 0 Å². The Balaban J connectivity index is 2.82. The number of para-hydroxylation sites is 1. The molecule has 2 nitrogen and oxygen atoms in total. The van der Waals surface area contributed by atoms with Crippen molar-refractivity contribution in [2.45, 2.75) is 6.42 Å². The SMILES string of the molecule is CN(CCCN)c1c(F)cccc1F. The third-order valence-electron chi connectivity index (χ3n) is 2.02. The topological polar surface area (TPSA) is 29.3 Å². The molecule has 0 unspecified atom stereocenters. The molecule has 0 radical (unpaired) electrons. The Labute approximate surface area is 82.3 Å². The molecule has 0 fully saturated rings. The summed E-state index contributed by atoms with van der Waals surface area (Å²) in [7, 11) is 1.65. The van der Waals surface area contributed by atoms with Gasteiger partial charge in [0, 0.05) is 13.6 Å². The molecule has 0 bridgehead atoms. The van der Waals surface area contributed by atoms with Crippen LogP contribution >= 0.6 is 0 Å². The van der Waals surface area contributed by atoms with E-state index in [-0.39, 0.29) is 5.69 Å². The number of nitrogens with two attached hydrogens (primary N) is 1. The molecule has 1 aromatic rings. The van der Waals surface area contributed by atoms with Crippen LogP contribution in [0.4, 0.5) is 14.5 Å². The minimum absolute atomic E-state index is 0.0148. The second-order valence-electron chi connectivity index (χ2n) is 3.13. The Morgan fingerprint density at radius 1 is 1.29 bits per heavy atom. The number of hydrogen-bond acceptors (Lipinski definition) is 2. The second-order valence-corrected chi connectivity index (χ2v) is 3.13. The van der Waals surface area contributed by atoms with Gasteiger partial charge in [0.1, 0.15) is 17.3 Å². The normalized spacial score (nSPS) is 10.3. The van der Waals surface area contributed by atoms with Crippen LogP contribution in [0.1, 0.15) is 6.42 Å². The summed E-state index contributed by atoms with van der Waals surface area (Å²) in [5, 5.41) is 0. The van der Waals surface area contributed by atoms with Crippen LogP contribution in [-0.2, 0) is 0 Å². The Kier molecular flexibility index (Phi) is 3.83. The minimum Gasteiger partial charge on any atom is -0.370 e. The van der Waals surface area contributed by atoms with Crippen LogP contribution in [0, 0.1) is 11.6 Å². The van der Waals surface area contributed by atoms with Crippen molar-refractivity contribution in [2.75, 3.05) is 25.0 Å². The lowest BCUT2D eigenvalue weighted by Crippen LogP contribution is -2.23. The minimum atomic E-state index is -0.537. The molecule has 0 amide bonds. The molecule has 0 saturated heterocycles. The molecule has 0 saturated carbocycles. The first-order valence-corrected chi connectivity index (χ1v) is 4.52. The molecule has 0 aliphatic carbocycles. The van der Waals surface area contributed by atoms with Gasteiger partial charge in [-0.05, 0) is 25.1 Å². The van der Waals surface area contributed by atoms with Gasteiger partial charge in [0.05, 0.1) is 0 Å². The predicted molar refractivity (Wildman–Crippen MR) is 53.3 cm³/mol. The summed E-state index contributed by atoms with van der Waals surface area (Å²) in [5.74, 6) is -1.07. The molecule has 1 aromatic carbocycles. The van der Waals surface area contributed by atoms with Gasteiger partial charge in [-0.25, -0.2) is 8.78 Å². The first-order valence-electron chi connectivity index (χ1n) is 4.52. The number of rotatable bonds is 4. The van der Waals surface area contributed by atoms with E-state index in [0.29, 0.717) is 19.5 Å². The average Bonchev–Trinajstić information content (AvgIpc) is 2.14. The Morgan fingerprint density at radius 2 is 1.86 bits per heavy atom. The molecule has 4 heteroatoms. The van der Waals surface area contributed by atoms with Crippen LogP contribution < -0.4 is 10.6 Å². The molecule has 1 rings (SSSR count). The molecule has 0 aromatic heterocycles. The molecular formula is C10H14F2N2. The quantitative estimate of drug-likeness (QED) is 0.802. The van der Waals surface area contributed by atoms with Crippen molar-refractivity contribution < 1.29 is 8.78 Å². The van der Waals surface area contributed by atoms with Crippen molar-refractivity contribution in [1.82, 2.24) is 0 Å². The zero-order valence-electron chi connectivity index (χ0n) is 8.13. The maximum atomic E-state index is 13.2. The van der Waals surface area contributed by atoms with E-state index in [0.717, 1.165) is 0 Å². The zero-order chi connectivity index (χ0) is 10.6. The highest BCUT2D eigenvalue weighted by Crippen LogP contribution is 2.21. The molecule has 14 heavy (non-hydrogen) atoms. The number of hydrogen-bond donors (Lipinski definition) is 1.